The minimum Gasteiger partial charge on any atom is -0.505 e. The molecule has 0 aliphatic heterocycles. The lowest BCUT2D eigenvalue weighted by atomic mass is 10.0. The zero-order valence-corrected chi connectivity index (χ0v) is 21.3. The van der Waals surface area contributed by atoms with Crippen molar-refractivity contribution in [3.63, 3.8) is 0 Å². The van der Waals surface area contributed by atoms with E-state index in [1.807, 2.05) is 0 Å². The van der Waals surface area contributed by atoms with Crippen molar-refractivity contribution in [2.75, 3.05) is 12.4 Å². The second-order valence-electron chi connectivity index (χ2n) is 7.93. The Morgan fingerprint density at radius 2 is 1.76 bits per heavy atom. The van der Waals surface area contributed by atoms with Gasteiger partial charge in [-0.15, -0.1) is 5.11 Å². The molecular weight excluding hydrogens is 518 g/mol. The highest BCUT2D eigenvalue weighted by Gasteiger charge is 2.20. The van der Waals surface area contributed by atoms with Crippen molar-refractivity contribution in [1.29, 1.82) is 0 Å². The molecule has 0 heterocycles. The van der Waals surface area contributed by atoms with Gasteiger partial charge >= 0.3 is 0 Å². The molecule has 4 rings (SSSR count). The lowest BCUT2D eigenvalue weighted by Crippen LogP contribution is -2.13. The predicted octanol–water partition coefficient (Wildman–Crippen LogP) is 6.68. The Bertz CT molecular complexity index is 1650. The number of anilines is 1. The normalized spacial score (nSPS) is 11.7. The average molecular weight is 540 g/mol. The second kappa shape index (κ2) is 10.6. The summed E-state index contributed by atoms with van der Waals surface area (Å²) in [5.41, 5.74) is 0.939. The number of nitrogens with one attached hydrogen (secondary N) is 1. The number of phenolic OH excluding ortho intramolecular Hbond substituents is 1. The van der Waals surface area contributed by atoms with E-state index in [1.54, 1.807) is 55.5 Å². The van der Waals surface area contributed by atoms with Crippen LogP contribution in [0, 0.1) is 0 Å². The maximum Gasteiger partial charge on any atom is 0.294 e. The number of methoxy groups -OCH3 is 1. The highest BCUT2D eigenvalue weighted by Crippen LogP contribution is 2.41. The van der Waals surface area contributed by atoms with Crippen molar-refractivity contribution in [2.45, 2.75) is 18.2 Å². The lowest BCUT2D eigenvalue weighted by Gasteiger charge is -2.13. The maximum absolute atomic E-state index is 13.2. The van der Waals surface area contributed by atoms with Crippen molar-refractivity contribution in [3.8, 4) is 11.5 Å². The summed E-state index contributed by atoms with van der Waals surface area (Å²) in [4.78, 5) is 12.7. The minimum absolute atomic E-state index is 0.00119. The van der Waals surface area contributed by atoms with E-state index < -0.39 is 26.7 Å². The number of benzene rings is 4. The van der Waals surface area contributed by atoms with Gasteiger partial charge in [-0.2, -0.15) is 13.5 Å². The van der Waals surface area contributed by atoms with Crippen LogP contribution in [0.2, 0.25) is 5.02 Å². The first kappa shape index (κ1) is 26.1. The quantitative estimate of drug-likeness (QED) is 0.177. The van der Waals surface area contributed by atoms with E-state index in [4.69, 9.17) is 16.3 Å². The largest absolute Gasteiger partial charge is 0.505 e. The lowest BCUT2D eigenvalue weighted by molar-refractivity contribution is 0.102. The van der Waals surface area contributed by atoms with Gasteiger partial charge in [-0.3, -0.25) is 9.35 Å². The van der Waals surface area contributed by atoms with Crippen molar-refractivity contribution in [2.24, 2.45) is 10.2 Å². The van der Waals surface area contributed by atoms with Crippen molar-refractivity contribution < 1.29 is 27.6 Å². The summed E-state index contributed by atoms with van der Waals surface area (Å²) in [7, 11) is -3.07. The fourth-order valence-electron chi connectivity index (χ4n) is 3.82. The number of para-hydroxylation sites is 2. The molecular formula is C26H22ClN3O6S. The molecule has 0 aliphatic rings. The molecule has 0 radical (unpaired) electrons. The molecule has 11 heteroatoms. The Hall–Kier alpha value is -3.99. The summed E-state index contributed by atoms with van der Waals surface area (Å²) in [6, 6.07) is 17.6. The van der Waals surface area contributed by atoms with Gasteiger partial charge < -0.3 is 15.2 Å². The maximum atomic E-state index is 13.2. The zero-order valence-electron chi connectivity index (χ0n) is 19.8. The number of halogens is 1. The third-order valence-corrected chi connectivity index (χ3v) is 6.82. The van der Waals surface area contributed by atoms with Gasteiger partial charge in [0.05, 0.1) is 28.9 Å². The number of azo groups is 1. The first-order valence-corrected chi connectivity index (χ1v) is 12.9. The molecule has 1 amide bonds. The number of carbonyl (C=O) groups is 1. The number of phenols is 1. The van der Waals surface area contributed by atoms with Crippen LogP contribution >= 0.6 is 11.6 Å². The summed E-state index contributed by atoms with van der Waals surface area (Å²) in [6.07, 6.45) is 0.396. The van der Waals surface area contributed by atoms with Crippen LogP contribution in [0.3, 0.4) is 0 Å². The molecule has 0 unspecified atom stereocenters. The van der Waals surface area contributed by atoms with E-state index in [-0.39, 0.29) is 22.0 Å². The Kier molecular flexibility index (Phi) is 7.44. The van der Waals surface area contributed by atoms with E-state index in [9.17, 15) is 22.9 Å². The monoisotopic (exact) mass is 539 g/mol. The number of fused-ring (bicyclic) bond motifs is 1. The van der Waals surface area contributed by atoms with Crippen molar-refractivity contribution in [1.82, 2.24) is 0 Å². The number of aromatic hydroxyl groups is 1. The molecule has 0 spiro atoms. The zero-order chi connectivity index (χ0) is 26.7. The highest BCUT2D eigenvalue weighted by molar-refractivity contribution is 7.85. The van der Waals surface area contributed by atoms with E-state index >= 15 is 0 Å². The molecule has 9 nitrogen and oxygen atoms in total. The molecule has 0 saturated carbocycles. The van der Waals surface area contributed by atoms with Crippen LogP contribution in [0.25, 0.3) is 10.8 Å². The molecule has 0 aliphatic carbocycles. The Morgan fingerprint density at radius 3 is 2.46 bits per heavy atom. The number of carbonyl (C=O) groups excluding carboxylic acids is 1. The fourth-order valence-corrected chi connectivity index (χ4v) is 4.76. The number of nitrogens with zero attached hydrogens (tertiary/aromatic N) is 2. The molecule has 4 aromatic rings. The van der Waals surface area contributed by atoms with Gasteiger partial charge in [0.25, 0.3) is 16.0 Å². The number of rotatable bonds is 7. The van der Waals surface area contributed by atoms with Crippen LogP contribution in [0.1, 0.15) is 22.8 Å². The Morgan fingerprint density at radius 1 is 1.05 bits per heavy atom. The average Bonchev–Trinajstić information content (AvgIpc) is 2.87. The van der Waals surface area contributed by atoms with Gasteiger partial charge in [-0.25, -0.2) is 0 Å². The highest BCUT2D eigenvalue weighted by atomic mass is 35.5. The van der Waals surface area contributed by atoms with Gasteiger partial charge in [0, 0.05) is 10.4 Å². The molecule has 0 bridgehead atoms. The molecule has 3 N–H and O–H groups in total. The summed E-state index contributed by atoms with van der Waals surface area (Å²) >= 11 is 6.23. The van der Waals surface area contributed by atoms with Gasteiger partial charge in [0.2, 0.25) is 0 Å². The molecule has 4 aromatic carbocycles. The van der Waals surface area contributed by atoms with Gasteiger partial charge in [-0.1, -0.05) is 54.9 Å². The minimum atomic E-state index is -4.55. The third kappa shape index (κ3) is 5.41. The topological polar surface area (TPSA) is 138 Å². The van der Waals surface area contributed by atoms with Crippen molar-refractivity contribution >= 4 is 55.5 Å². The van der Waals surface area contributed by atoms with Crippen LogP contribution in [0.5, 0.6) is 11.5 Å². The predicted molar refractivity (Wildman–Crippen MR) is 141 cm³/mol. The SMILES string of the molecule is CCc1c(Cl)cc(S(=O)(=O)O)cc1N=Nc1c(O)c(C(=O)Nc2ccccc2OC)cc2ccccc12. The molecule has 0 aromatic heterocycles. The van der Waals surface area contributed by atoms with Gasteiger partial charge in [-0.05, 0) is 47.7 Å². The number of hydrogen-bond donors (Lipinski definition) is 3. The van der Waals surface area contributed by atoms with Crippen LogP contribution in [0.15, 0.2) is 81.9 Å². The molecule has 0 saturated heterocycles. The van der Waals surface area contributed by atoms with Crippen LogP contribution < -0.4 is 10.1 Å². The van der Waals surface area contributed by atoms with Crippen LogP contribution in [-0.2, 0) is 16.5 Å². The molecule has 0 atom stereocenters. The first-order valence-electron chi connectivity index (χ1n) is 11.0. The summed E-state index contributed by atoms with van der Waals surface area (Å²) in [6.45, 7) is 1.79. The second-order valence-corrected chi connectivity index (χ2v) is 9.76. The van der Waals surface area contributed by atoms with Crippen LogP contribution in [-0.4, -0.2) is 31.1 Å². The molecule has 0 fully saturated rings. The van der Waals surface area contributed by atoms with E-state index in [0.29, 0.717) is 34.2 Å². The molecule has 190 valence electrons. The van der Waals surface area contributed by atoms with Gasteiger partial charge in [0.15, 0.2) is 5.75 Å². The van der Waals surface area contributed by atoms with Crippen molar-refractivity contribution in [3.05, 3.63) is 82.9 Å². The smallest absolute Gasteiger partial charge is 0.294 e. The van der Waals surface area contributed by atoms with Gasteiger partial charge in [0.1, 0.15) is 11.4 Å². The van der Waals surface area contributed by atoms with E-state index in [1.165, 1.54) is 13.2 Å². The number of hydrogen-bond acceptors (Lipinski definition) is 7. The number of amides is 1. The fraction of sp³-hybridized carbons (Fsp3) is 0.115. The summed E-state index contributed by atoms with van der Waals surface area (Å²) < 4.78 is 38.1. The summed E-state index contributed by atoms with van der Waals surface area (Å²) in [5, 5.41) is 23.4. The van der Waals surface area contributed by atoms with Crippen LogP contribution in [0.4, 0.5) is 17.1 Å². The number of ether oxygens (including phenoxy) is 1. The van der Waals surface area contributed by atoms with E-state index in [0.717, 1.165) is 12.1 Å². The summed E-state index contributed by atoms with van der Waals surface area (Å²) in [5.74, 6) is -0.585. The third-order valence-electron chi connectivity index (χ3n) is 5.65. The Labute approximate surface area is 218 Å². The van der Waals surface area contributed by atoms with E-state index in [2.05, 4.69) is 15.5 Å². The first-order chi connectivity index (χ1) is 17.6. The molecule has 37 heavy (non-hydrogen) atoms. The Balaban J connectivity index is 1.84. The standard InChI is InChI=1S/C26H22ClN3O6S/c1-3-17-20(27)13-16(37(33,34)35)14-22(17)29-30-24-18-9-5-4-8-15(18)12-19(25(24)31)26(32)28-21-10-6-7-11-23(21)36-2/h4-14,31H,3H2,1-2H3,(H,28,32)(H,33,34,35).